The third-order valence-electron chi connectivity index (χ3n) is 5.62. The molecule has 4 rings (SSSR count). The van der Waals surface area contributed by atoms with Crippen molar-refractivity contribution in [3.63, 3.8) is 0 Å². The highest BCUT2D eigenvalue weighted by Gasteiger charge is 2.28. The predicted octanol–water partition coefficient (Wildman–Crippen LogP) is 4.60. The number of benzene rings is 1. The molecule has 1 N–H and O–H groups in total. The van der Waals surface area contributed by atoms with Gasteiger partial charge in [-0.1, -0.05) is 18.2 Å². The van der Waals surface area contributed by atoms with Crippen molar-refractivity contribution in [3.8, 4) is 0 Å². The summed E-state index contributed by atoms with van der Waals surface area (Å²) in [6.07, 6.45) is 6.23. The first-order chi connectivity index (χ1) is 16.6. The minimum atomic E-state index is -0.580. The Morgan fingerprint density at radius 1 is 1.29 bits per heavy atom. The Bertz CT molecular complexity index is 1330. The Morgan fingerprint density at radius 3 is 2.80 bits per heavy atom. The van der Waals surface area contributed by atoms with Gasteiger partial charge in [0.25, 0.3) is 0 Å². The summed E-state index contributed by atoms with van der Waals surface area (Å²) < 4.78 is 13.0. The van der Waals surface area contributed by atoms with Crippen LogP contribution in [0.1, 0.15) is 43.2 Å². The van der Waals surface area contributed by atoms with Gasteiger partial charge in [-0.05, 0) is 51.5 Å². The van der Waals surface area contributed by atoms with E-state index in [0.29, 0.717) is 25.5 Å². The number of pyridine rings is 1. The summed E-state index contributed by atoms with van der Waals surface area (Å²) in [5, 5.41) is 4.28. The second-order valence-corrected chi connectivity index (χ2v) is 9.61. The SMILES string of the molecule is Cc1c(CN(C)C(=O)C=Cc2cnc3c(c2)C=[N+](C(=O)OC(C)(C)C)CCN3)oc2ccccc12. The second-order valence-electron chi connectivity index (χ2n) is 9.61. The van der Waals surface area contributed by atoms with Crippen molar-refractivity contribution >= 4 is 41.1 Å². The van der Waals surface area contributed by atoms with Crippen LogP contribution in [0.15, 0.2) is 47.0 Å². The molecule has 182 valence electrons. The zero-order valence-corrected chi connectivity index (χ0v) is 20.8. The quantitative estimate of drug-likeness (QED) is 0.438. The topological polar surface area (TPSA) is 87.7 Å². The van der Waals surface area contributed by atoms with Crippen LogP contribution in [0, 0.1) is 6.92 Å². The number of para-hydroxylation sites is 1. The van der Waals surface area contributed by atoms with E-state index in [2.05, 4.69) is 10.3 Å². The van der Waals surface area contributed by atoms with Gasteiger partial charge in [0.15, 0.2) is 12.8 Å². The third kappa shape index (κ3) is 5.77. The molecule has 0 saturated carbocycles. The second kappa shape index (κ2) is 9.74. The van der Waals surface area contributed by atoms with Crippen LogP contribution in [0.4, 0.5) is 10.6 Å². The van der Waals surface area contributed by atoms with Gasteiger partial charge in [0.2, 0.25) is 5.91 Å². The summed E-state index contributed by atoms with van der Waals surface area (Å²) in [6.45, 7) is 8.89. The van der Waals surface area contributed by atoms with Crippen molar-refractivity contribution in [2.75, 3.05) is 25.5 Å². The summed E-state index contributed by atoms with van der Waals surface area (Å²) in [5.74, 6) is 1.29. The first-order valence-electron chi connectivity index (χ1n) is 11.6. The van der Waals surface area contributed by atoms with Crippen LogP contribution in [-0.4, -0.2) is 58.4 Å². The lowest BCUT2D eigenvalue weighted by Crippen LogP contribution is -2.33. The van der Waals surface area contributed by atoms with Crippen LogP contribution in [0.5, 0.6) is 0 Å². The van der Waals surface area contributed by atoms with Gasteiger partial charge in [-0.2, -0.15) is 4.79 Å². The van der Waals surface area contributed by atoms with Gasteiger partial charge in [-0.15, -0.1) is 4.58 Å². The Kier molecular flexibility index (Phi) is 6.73. The lowest BCUT2D eigenvalue weighted by atomic mass is 10.1. The maximum absolute atomic E-state index is 12.8. The molecular formula is C27H31N4O4+. The van der Waals surface area contributed by atoms with Crippen molar-refractivity contribution in [1.29, 1.82) is 0 Å². The fourth-order valence-corrected chi connectivity index (χ4v) is 3.79. The van der Waals surface area contributed by atoms with E-state index in [-0.39, 0.29) is 5.91 Å². The predicted molar refractivity (Wildman–Crippen MR) is 136 cm³/mol. The Labute approximate surface area is 204 Å². The lowest BCUT2D eigenvalue weighted by Gasteiger charge is -2.16. The molecule has 0 radical (unpaired) electrons. The number of nitrogens with one attached hydrogen (secondary N) is 1. The van der Waals surface area contributed by atoms with Gasteiger partial charge in [0.05, 0.1) is 18.7 Å². The average molecular weight is 476 g/mol. The molecule has 0 saturated heterocycles. The Morgan fingerprint density at radius 2 is 2.06 bits per heavy atom. The molecule has 8 heteroatoms. The molecule has 3 aromatic rings. The summed E-state index contributed by atoms with van der Waals surface area (Å²) >= 11 is 0. The zero-order valence-electron chi connectivity index (χ0n) is 20.8. The fourth-order valence-electron chi connectivity index (χ4n) is 3.79. The molecule has 1 aromatic carbocycles. The number of likely N-dealkylation sites (N-methyl/N-ethyl adjacent to an activating group) is 1. The number of furan rings is 1. The number of hydrogen-bond donors (Lipinski definition) is 1. The molecule has 1 aliphatic rings. The molecule has 1 aliphatic heterocycles. The first kappa shape index (κ1) is 24.2. The maximum atomic E-state index is 12.8. The number of amides is 2. The van der Waals surface area contributed by atoms with E-state index in [1.54, 1.807) is 30.4 Å². The van der Waals surface area contributed by atoms with Crippen LogP contribution >= 0.6 is 0 Å². The number of anilines is 1. The highest BCUT2D eigenvalue weighted by Crippen LogP contribution is 2.25. The van der Waals surface area contributed by atoms with Crippen LogP contribution in [0.2, 0.25) is 0 Å². The van der Waals surface area contributed by atoms with E-state index in [4.69, 9.17) is 9.15 Å². The number of hydrogen-bond acceptors (Lipinski definition) is 6. The minimum Gasteiger partial charge on any atom is -0.459 e. The molecule has 0 bridgehead atoms. The van der Waals surface area contributed by atoms with Gasteiger partial charge >= 0.3 is 6.09 Å². The minimum absolute atomic E-state index is 0.155. The number of ether oxygens (including phenoxy) is 1. The zero-order chi connectivity index (χ0) is 25.2. The van der Waals surface area contributed by atoms with Crippen molar-refractivity contribution in [2.24, 2.45) is 0 Å². The van der Waals surface area contributed by atoms with Crippen LogP contribution in [-0.2, 0) is 16.1 Å². The number of nitrogens with zero attached hydrogens (tertiary/aromatic N) is 3. The van der Waals surface area contributed by atoms with Crippen LogP contribution in [0.3, 0.4) is 0 Å². The molecule has 2 amide bonds. The van der Waals surface area contributed by atoms with Gasteiger partial charge < -0.3 is 19.4 Å². The fraction of sp³-hybridized carbons (Fsp3) is 0.333. The number of carbonyl (C=O) groups is 2. The number of aryl methyl sites for hydroxylation is 1. The van der Waals surface area contributed by atoms with Crippen molar-refractivity contribution in [3.05, 3.63) is 65.1 Å². The summed E-state index contributed by atoms with van der Waals surface area (Å²) in [6, 6.07) is 9.72. The molecule has 8 nitrogen and oxygen atoms in total. The van der Waals surface area contributed by atoms with E-state index < -0.39 is 11.7 Å². The summed E-state index contributed by atoms with van der Waals surface area (Å²) in [4.78, 5) is 31.4. The smallest absolute Gasteiger partial charge is 0.459 e. The largest absolute Gasteiger partial charge is 0.596 e. The lowest BCUT2D eigenvalue weighted by molar-refractivity contribution is -0.442. The Balaban J connectivity index is 1.48. The summed E-state index contributed by atoms with van der Waals surface area (Å²) in [7, 11) is 1.74. The van der Waals surface area contributed by atoms with Crippen molar-refractivity contribution in [1.82, 2.24) is 9.88 Å². The molecule has 2 aromatic heterocycles. The number of rotatable bonds is 4. The van der Waals surface area contributed by atoms with Gasteiger partial charge in [0.1, 0.15) is 22.8 Å². The van der Waals surface area contributed by atoms with Crippen LogP contribution < -0.4 is 5.32 Å². The van der Waals surface area contributed by atoms with Gasteiger partial charge in [-0.25, -0.2) is 4.98 Å². The highest BCUT2D eigenvalue weighted by atomic mass is 16.6. The molecule has 35 heavy (non-hydrogen) atoms. The number of fused-ring (bicyclic) bond motifs is 2. The molecule has 0 spiro atoms. The third-order valence-corrected chi connectivity index (χ3v) is 5.62. The van der Waals surface area contributed by atoms with Crippen LogP contribution in [0.25, 0.3) is 17.0 Å². The standard InChI is InChI=1S/C27H30N4O4/c1-18-21-8-6-7-9-22(21)34-23(18)17-30(5)24(32)11-10-19-14-20-16-31(26(33)35-27(2,3)4)13-12-28-25(20)29-15-19/h6-11,14-16H,12-13,17H2,1-5H3/p+1. The van der Waals surface area contributed by atoms with Gasteiger partial charge in [0, 0.05) is 30.3 Å². The normalized spacial score (nSPS) is 13.7. The average Bonchev–Trinajstić information content (AvgIpc) is 2.98. The van der Waals surface area contributed by atoms with E-state index in [0.717, 1.165) is 33.4 Å². The van der Waals surface area contributed by atoms with E-state index in [1.807, 2.05) is 58.0 Å². The molecule has 0 fully saturated rings. The number of carbonyl (C=O) groups excluding carboxylic acids is 2. The van der Waals surface area contributed by atoms with E-state index in [9.17, 15) is 9.59 Å². The van der Waals surface area contributed by atoms with Crippen molar-refractivity contribution < 1.29 is 23.3 Å². The monoisotopic (exact) mass is 475 g/mol. The summed E-state index contributed by atoms with van der Waals surface area (Å²) in [5.41, 5.74) is 2.77. The van der Waals surface area contributed by atoms with E-state index >= 15 is 0 Å². The van der Waals surface area contributed by atoms with E-state index in [1.165, 1.54) is 10.7 Å². The highest BCUT2D eigenvalue weighted by molar-refractivity contribution is 5.93. The molecular weight excluding hydrogens is 444 g/mol. The van der Waals surface area contributed by atoms with Crippen molar-refractivity contribution in [2.45, 2.75) is 39.8 Å². The first-order valence-corrected chi connectivity index (χ1v) is 11.6. The molecule has 3 heterocycles. The number of aromatic nitrogens is 1. The van der Waals surface area contributed by atoms with Gasteiger partial charge in [-0.3, -0.25) is 4.79 Å². The molecule has 0 atom stereocenters. The Hall–Kier alpha value is -3.94. The molecule has 0 aliphatic carbocycles. The molecule has 0 unspecified atom stereocenters. The maximum Gasteiger partial charge on any atom is 0.596 e.